The van der Waals surface area contributed by atoms with Gasteiger partial charge in [0.15, 0.2) is 0 Å². The van der Waals surface area contributed by atoms with Crippen molar-refractivity contribution in [1.82, 2.24) is 4.98 Å². The van der Waals surface area contributed by atoms with Crippen LogP contribution < -0.4 is 20.3 Å². The number of amides is 1. The first kappa shape index (κ1) is 29.5. The number of aryl methyl sites for hydroxylation is 1. The van der Waals surface area contributed by atoms with Crippen molar-refractivity contribution < 1.29 is 27.4 Å². The highest BCUT2D eigenvalue weighted by molar-refractivity contribution is 6.09. The van der Waals surface area contributed by atoms with Crippen molar-refractivity contribution >= 4 is 11.6 Å². The van der Waals surface area contributed by atoms with Gasteiger partial charge in [0.25, 0.3) is 11.5 Å². The summed E-state index contributed by atoms with van der Waals surface area (Å²) in [7, 11) is 0. The van der Waals surface area contributed by atoms with E-state index in [-0.39, 0.29) is 18.6 Å². The number of rotatable bonds is 10. The van der Waals surface area contributed by atoms with Crippen molar-refractivity contribution in [3.8, 4) is 33.9 Å². The minimum absolute atomic E-state index is 0.0198. The Balaban J connectivity index is 1.67. The van der Waals surface area contributed by atoms with Crippen LogP contribution in [-0.2, 0) is 0 Å². The summed E-state index contributed by atoms with van der Waals surface area (Å²) in [6.45, 7) is 6.11. The average molecular weight is 565 g/mol. The Bertz CT molecular complexity index is 1540. The second-order valence-corrected chi connectivity index (χ2v) is 9.57. The van der Waals surface area contributed by atoms with Crippen LogP contribution in [0.15, 0.2) is 77.6 Å². The summed E-state index contributed by atoms with van der Waals surface area (Å²) >= 11 is 0. The highest BCUT2D eigenvalue weighted by atomic mass is 19.4. The third-order valence-electron chi connectivity index (χ3n) is 6.47. The van der Waals surface area contributed by atoms with Crippen LogP contribution in [0.3, 0.4) is 0 Å². The van der Waals surface area contributed by atoms with Crippen LogP contribution in [-0.4, -0.2) is 30.3 Å². The summed E-state index contributed by atoms with van der Waals surface area (Å²) in [6.07, 6.45) is -5.27. The van der Waals surface area contributed by atoms with Gasteiger partial charge < -0.3 is 19.8 Å². The molecule has 0 atom stereocenters. The number of nitrogens with one attached hydrogen (secondary N) is 2. The van der Waals surface area contributed by atoms with Crippen molar-refractivity contribution in [2.75, 3.05) is 18.5 Å². The third-order valence-corrected chi connectivity index (χ3v) is 6.47. The zero-order valence-electron chi connectivity index (χ0n) is 23.0. The van der Waals surface area contributed by atoms with Gasteiger partial charge in [-0.25, -0.2) is 0 Å². The molecule has 1 amide bonds. The topological polar surface area (TPSA) is 80.4 Å². The number of pyridine rings is 1. The van der Waals surface area contributed by atoms with Crippen LogP contribution in [0.4, 0.5) is 18.9 Å². The lowest BCUT2D eigenvalue weighted by molar-refractivity contribution is -0.136. The zero-order chi connectivity index (χ0) is 29.6. The lowest BCUT2D eigenvalue weighted by Crippen LogP contribution is -2.26. The third kappa shape index (κ3) is 7.57. The largest absolute Gasteiger partial charge is 0.494 e. The van der Waals surface area contributed by atoms with Gasteiger partial charge in [-0.2, -0.15) is 13.2 Å². The maximum atomic E-state index is 13.5. The van der Waals surface area contributed by atoms with Crippen molar-refractivity contribution in [2.45, 2.75) is 39.8 Å². The van der Waals surface area contributed by atoms with Crippen molar-refractivity contribution in [1.29, 1.82) is 0 Å². The van der Waals surface area contributed by atoms with E-state index >= 15 is 0 Å². The monoisotopic (exact) mass is 564 g/mol. The van der Waals surface area contributed by atoms with E-state index in [2.05, 4.69) is 10.3 Å². The summed E-state index contributed by atoms with van der Waals surface area (Å²) in [5.41, 5.74) is 4.04. The van der Waals surface area contributed by atoms with Gasteiger partial charge in [0.05, 0.1) is 18.9 Å². The molecule has 0 aliphatic heterocycles. The number of benzene rings is 3. The van der Waals surface area contributed by atoms with Crippen LogP contribution >= 0.6 is 0 Å². The van der Waals surface area contributed by atoms with Crippen LogP contribution in [0.5, 0.6) is 11.5 Å². The minimum Gasteiger partial charge on any atom is -0.494 e. The van der Waals surface area contributed by atoms with Gasteiger partial charge in [-0.15, -0.1) is 0 Å². The number of H-pyrrole nitrogens is 1. The molecule has 3 aromatic carbocycles. The Morgan fingerprint density at radius 2 is 1.44 bits per heavy atom. The van der Waals surface area contributed by atoms with Gasteiger partial charge in [-0.05, 0) is 92.4 Å². The number of aromatic amines is 1. The van der Waals surface area contributed by atoms with E-state index in [0.717, 1.165) is 5.56 Å². The molecule has 9 heteroatoms. The Hall–Kier alpha value is -4.53. The quantitative estimate of drug-likeness (QED) is 0.194. The smallest absolute Gasteiger partial charge is 0.389 e. The SMILES string of the molecule is CCOc1ccc(NC(=O)c2c(-c3ccc(C)cc3)c(C)c(-c3ccc(OCCCC(F)(F)F)cc3)[nH]c2=O)cc1. The molecule has 41 heavy (non-hydrogen) atoms. The number of hydrogen-bond acceptors (Lipinski definition) is 4. The van der Waals surface area contributed by atoms with E-state index in [1.54, 1.807) is 48.5 Å². The van der Waals surface area contributed by atoms with E-state index in [1.807, 2.05) is 45.0 Å². The second kappa shape index (κ2) is 12.8. The average Bonchev–Trinajstić information content (AvgIpc) is 2.93. The number of carbonyl (C=O) groups is 1. The number of anilines is 1. The zero-order valence-corrected chi connectivity index (χ0v) is 23.0. The summed E-state index contributed by atoms with van der Waals surface area (Å²) in [4.78, 5) is 29.8. The normalized spacial score (nSPS) is 11.3. The molecule has 4 aromatic rings. The predicted octanol–water partition coefficient (Wildman–Crippen LogP) is 7.70. The summed E-state index contributed by atoms with van der Waals surface area (Å²) in [5, 5.41) is 2.82. The molecule has 0 bridgehead atoms. The molecule has 6 nitrogen and oxygen atoms in total. The first-order valence-electron chi connectivity index (χ1n) is 13.2. The standard InChI is InChI=1S/C32H31F3N2O4/c1-4-40-25-16-12-24(13-17-25)36-30(38)28-27(22-8-6-20(2)7-9-22)21(3)29(37-31(28)39)23-10-14-26(15-11-23)41-19-5-18-32(33,34)35/h6-17H,4-5,18-19H2,1-3H3,(H,36,38)(H,37,39). The fraction of sp³-hybridized carbons (Fsp3) is 0.250. The molecule has 4 rings (SSSR count). The van der Waals surface area contributed by atoms with E-state index in [1.165, 1.54) is 0 Å². The van der Waals surface area contributed by atoms with Gasteiger partial charge in [0.1, 0.15) is 17.1 Å². The molecule has 0 spiro atoms. The van der Waals surface area contributed by atoms with E-state index < -0.39 is 24.1 Å². The Morgan fingerprint density at radius 3 is 2.05 bits per heavy atom. The Morgan fingerprint density at radius 1 is 0.854 bits per heavy atom. The first-order chi connectivity index (χ1) is 19.6. The first-order valence-corrected chi connectivity index (χ1v) is 13.2. The summed E-state index contributed by atoms with van der Waals surface area (Å²) in [6, 6.07) is 21.2. The van der Waals surface area contributed by atoms with E-state index in [9.17, 15) is 22.8 Å². The molecule has 1 heterocycles. The number of ether oxygens (including phenoxy) is 2. The van der Waals surface area contributed by atoms with Gasteiger partial charge in [0.2, 0.25) is 0 Å². The Kier molecular flexibility index (Phi) is 9.17. The molecule has 0 fully saturated rings. The highest BCUT2D eigenvalue weighted by Gasteiger charge is 2.26. The Labute approximate surface area is 236 Å². The van der Waals surface area contributed by atoms with Crippen molar-refractivity contribution in [3.05, 3.63) is 99.8 Å². The fourth-order valence-corrected chi connectivity index (χ4v) is 4.46. The number of carbonyl (C=O) groups excluding carboxylic acids is 1. The van der Waals surface area contributed by atoms with Gasteiger partial charge in [0, 0.05) is 17.7 Å². The van der Waals surface area contributed by atoms with Gasteiger partial charge >= 0.3 is 6.18 Å². The molecule has 1 aromatic heterocycles. The molecule has 0 aliphatic carbocycles. The lowest BCUT2D eigenvalue weighted by atomic mass is 9.92. The minimum atomic E-state index is -4.22. The maximum absolute atomic E-state index is 13.5. The van der Waals surface area contributed by atoms with Crippen LogP contribution in [0.25, 0.3) is 22.4 Å². The van der Waals surface area contributed by atoms with Crippen LogP contribution in [0.2, 0.25) is 0 Å². The molecule has 2 N–H and O–H groups in total. The molecular weight excluding hydrogens is 533 g/mol. The summed E-state index contributed by atoms with van der Waals surface area (Å²) < 4.78 is 48.0. The molecular formula is C32H31F3N2O4. The predicted molar refractivity (Wildman–Crippen MR) is 154 cm³/mol. The second-order valence-electron chi connectivity index (χ2n) is 9.57. The number of hydrogen-bond donors (Lipinski definition) is 2. The van der Waals surface area contributed by atoms with Crippen molar-refractivity contribution in [2.24, 2.45) is 0 Å². The molecule has 0 saturated carbocycles. The number of alkyl halides is 3. The lowest BCUT2D eigenvalue weighted by Gasteiger charge is -2.17. The number of halogens is 3. The molecule has 0 aliphatic rings. The van der Waals surface area contributed by atoms with Crippen LogP contribution in [0.1, 0.15) is 41.3 Å². The molecule has 0 radical (unpaired) electrons. The van der Waals surface area contributed by atoms with E-state index in [4.69, 9.17) is 9.47 Å². The maximum Gasteiger partial charge on any atom is 0.389 e. The fourth-order valence-electron chi connectivity index (χ4n) is 4.46. The summed E-state index contributed by atoms with van der Waals surface area (Å²) in [5.74, 6) is 0.533. The molecule has 214 valence electrons. The van der Waals surface area contributed by atoms with Crippen LogP contribution in [0, 0.1) is 13.8 Å². The molecule has 0 unspecified atom stereocenters. The van der Waals surface area contributed by atoms with Gasteiger partial charge in [-0.1, -0.05) is 29.8 Å². The van der Waals surface area contributed by atoms with E-state index in [0.29, 0.717) is 51.7 Å². The number of aromatic nitrogens is 1. The molecule has 0 saturated heterocycles. The van der Waals surface area contributed by atoms with Crippen molar-refractivity contribution in [3.63, 3.8) is 0 Å². The van der Waals surface area contributed by atoms with Gasteiger partial charge in [-0.3, -0.25) is 9.59 Å². The highest BCUT2D eigenvalue weighted by Crippen LogP contribution is 2.33.